The number of hydrogen-bond donors (Lipinski definition) is 2. The molecule has 0 spiro atoms. The summed E-state index contributed by atoms with van der Waals surface area (Å²) in [5.74, 6) is 0.610. The molecule has 4 rings (SSSR count). The molecule has 3 heterocycles. The van der Waals surface area contributed by atoms with Crippen molar-refractivity contribution in [3.8, 4) is 0 Å². The third kappa shape index (κ3) is 3.86. The molecule has 146 valence electrons. The number of carbonyl (C=O) groups excluding carboxylic acids is 1. The van der Waals surface area contributed by atoms with Crippen LogP contribution in [-0.2, 0) is 6.42 Å². The van der Waals surface area contributed by atoms with Crippen molar-refractivity contribution in [2.45, 2.75) is 45.1 Å². The van der Waals surface area contributed by atoms with E-state index in [0.717, 1.165) is 44.3 Å². The first-order valence-electron chi connectivity index (χ1n) is 10.2. The van der Waals surface area contributed by atoms with Gasteiger partial charge >= 0.3 is 0 Å². The van der Waals surface area contributed by atoms with Crippen LogP contribution in [0, 0.1) is 0 Å². The normalized spacial score (nSPS) is 17.0. The number of amides is 1. The van der Waals surface area contributed by atoms with E-state index in [9.17, 15) is 4.79 Å². The summed E-state index contributed by atoms with van der Waals surface area (Å²) in [6.45, 7) is 3.72. The number of piperidine rings is 1. The molecule has 1 unspecified atom stereocenters. The van der Waals surface area contributed by atoms with Crippen LogP contribution >= 0.6 is 0 Å². The van der Waals surface area contributed by atoms with Crippen molar-refractivity contribution in [2.75, 3.05) is 18.4 Å². The van der Waals surface area contributed by atoms with Crippen LogP contribution < -0.4 is 5.32 Å². The Labute approximate surface area is 165 Å². The van der Waals surface area contributed by atoms with Crippen LogP contribution in [0.25, 0.3) is 10.9 Å². The maximum absolute atomic E-state index is 12.8. The van der Waals surface area contributed by atoms with Crippen molar-refractivity contribution >= 4 is 22.8 Å². The maximum atomic E-state index is 12.8. The summed E-state index contributed by atoms with van der Waals surface area (Å²) < 4.78 is 0. The SMILES string of the molecule is CCC1CCCCN1C(=O)c1cnc(NCCc2c[nH]c3ccccc23)nc1. The molecule has 2 aromatic heterocycles. The van der Waals surface area contributed by atoms with E-state index in [4.69, 9.17) is 0 Å². The van der Waals surface area contributed by atoms with Gasteiger partial charge in [0, 0.05) is 48.6 Å². The first-order chi connectivity index (χ1) is 13.8. The lowest BCUT2D eigenvalue weighted by Crippen LogP contribution is -2.43. The van der Waals surface area contributed by atoms with E-state index in [0.29, 0.717) is 17.6 Å². The Balaban J connectivity index is 1.35. The number of rotatable bonds is 6. The van der Waals surface area contributed by atoms with E-state index >= 15 is 0 Å². The van der Waals surface area contributed by atoms with E-state index in [1.165, 1.54) is 17.4 Å². The number of benzene rings is 1. The van der Waals surface area contributed by atoms with E-state index in [-0.39, 0.29) is 5.91 Å². The van der Waals surface area contributed by atoms with Crippen LogP contribution in [0.2, 0.25) is 0 Å². The Bertz CT molecular complexity index is 934. The highest BCUT2D eigenvalue weighted by Gasteiger charge is 2.26. The molecule has 1 aliphatic rings. The number of nitrogens with one attached hydrogen (secondary N) is 2. The lowest BCUT2D eigenvalue weighted by atomic mass is 9.99. The maximum Gasteiger partial charge on any atom is 0.257 e. The highest BCUT2D eigenvalue weighted by Crippen LogP contribution is 2.22. The van der Waals surface area contributed by atoms with Crippen molar-refractivity contribution in [2.24, 2.45) is 0 Å². The van der Waals surface area contributed by atoms with Crippen LogP contribution in [0.4, 0.5) is 5.95 Å². The van der Waals surface area contributed by atoms with Gasteiger partial charge in [0.1, 0.15) is 0 Å². The Hall–Kier alpha value is -2.89. The van der Waals surface area contributed by atoms with E-state index in [2.05, 4.69) is 51.6 Å². The second-order valence-electron chi connectivity index (χ2n) is 7.39. The first-order valence-corrected chi connectivity index (χ1v) is 10.2. The Morgan fingerprint density at radius 2 is 2.07 bits per heavy atom. The summed E-state index contributed by atoms with van der Waals surface area (Å²) in [6, 6.07) is 8.63. The molecule has 0 aliphatic carbocycles. The lowest BCUT2D eigenvalue weighted by molar-refractivity contribution is 0.0607. The number of fused-ring (bicyclic) bond motifs is 1. The second kappa shape index (κ2) is 8.42. The van der Waals surface area contributed by atoms with Gasteiger partial charge in [-0.1, -0.05) is 25.1 Å². The topological polar surface area (TPSA) is 73.9 Å². The molecular formula is C22H27N5O. The van der Waals surface area contributed by atoms with Crippen LogP contribution in [0.15, 0.2) is 42.9 Å². The van der Waals surface area contributed by atoms with E-state index in [1.54, 1.807) is 12.4 Å². The van der Waals surface area contributed by atoms with Crippen molar-refractivity contribution in [3.63, 3.8) is 0 Å². The quantitative estimate of drug-likeness (QED) is 0.680. The second-order valence-corrected chi connectivity index (χ2v) is 7.39. The van der Waals surface area contributed by atoms with Crippen LogP contribution in [0.1, 0.15) is 48.5 Å². The zero-order valence-corrected chi connectivity index (χ0v) is 16.3. The smallest absolute Gasteiger partial charge is 0.257 e. The molecular weight excluding hydrogens is 350 g/mol. The zero-order valence-electron chi connectivity index (χ0n) is 16.3. The van der Waals surface area contributed by atoms with Crippen LogP contribution in [0.3, 0.4) is 0 Å². The molecule has 1 aromatic carbocycles. The summed E-state index contributed by atoms with van der Waals surface area (Å²) in [5.41, 5.74) is 2.99. The highest BCUT2D eigenvalue weighted by molar-refractivity contribution is 5.94. The van der Waals surface area contributed by atoms with Gasteiger partial charge in [0.15, 0.2) is 0 Å². The molecule has 0 bridgehead atoms. The molecule has 28 heavy (non-hydrogen) atoms. The number of H-pyrrole nitrogens is 1. The van der Waals surface area contributed by atoms with Gasteiger partial charge in [-0.2, -0.15) is 0 Å². The van der Waals surface area contributed by atoms with Gasteiger partial charge in [0.25, 0.3) is 5.91 Å². The fraction of sp³-hybridized carbons (Fsp3) is 0.409. The van der Waals surface area contributed by atoms with Crippen molar-refractivity contribution in [1.29, 1.82) is 0 Å². The number of carbonyl (C=O) groups is 1. The molecule has 6 nitrogen and oxygen atoms in total. The summed E-state index contributed by atoms with van der Waals surface area (Å²) in [7, 11) is 0. The molecule has 1 amide bonds. The monoisotopic (exact) mass is 377 g/mol. The molecule has 0 saturated carbocycles. The van der Waals surface area contributed by atoms with Gasteiger partial charge < -0.3 is 15.2 Å². The summed E-state index contributed by atoms with van der Waals surface area (Å²) in [6.07, 6.45) is 10.6. The van der Waals surface area contributed by atoms with Crippen LogP contribution in [0.5, 0.6) is 0 Å². The average molecular weight is 377 g/mol. The van der Waals surface area contributed by atoms with Crippen molar-refractivity contribution < 1.29 is 4.79 Å². The Kier molecular flexibility index (Phi) is 5.55. The van der Waals surface area contributed by atoms with E-state index < -0.39 is 0 Å². The van der Waals surface area contributed by atoms with Gasteiger partial charge in [0.2, 0.25) is 5.95 Å². The van der Waals surface area contributed by atoms with Gasteiger partial charge in [-0.15, -0.1) is 0 Å². The fourth-order valence-electron chi connectivity index (χ4n) is 4.04. The summed E-state index contributed by atoms with van der Waals surface area (Å²) >= 11 is 0. The molecule has 2 N–H and O–H groups in total. The molecule has 1 saturated heterocycles. The van der Waals surface area contributed by atoms with Gasteiger partial charge in [-0.25, -0.2) is 9.97 Å². The predicted octanol–water partition coefficient (Wildman–Crippen LogP) is 4.02. The predicted molar refractivity (Wildman–Crippen MR) is 111 cm³/mol. The minimum absolute atomic E-state index is 0.0527. The largest absolute Gasteiger partial charge is 0.361 e. The Morgan fingerprint density at radius 3 is 2.89 bits per heavy atom. The third-order valence-corrected chi connectivity index (χ3v) is 5.61. The van der Waals surface area contributed by atoms with E-state index in [1.807, 2.05) is 11.0 Å². The molecule has 1 aliphatic heterocycles. The van der Waals surface area contributed by atoms with Gasteiger partial charge in [-0.05, 0) is 43.7 Å². The van der Waals surface area contributed by atoms with Crippen molar-refractivity contribution in [3.05, 3.63) is 54.0 Å². The molecule has 1 atom stereocenters. The number of aromatic nitrogens is 3. The lowest BCUT2D eigenvalue weighted by Gasteiger charge is -2.35. The average Bonchev–Trinajstić information content (AvgIpc) is 3.17. The number of hydrogen-bond acceptors (Lipinski definition) is 4. The van der Waals surface area contributed by atoms with Gasteiger partial charge in [0.05, 0.1) is 5.56 Å². The fourth-order valence-corrected chi connectivity index (χ4v) is 4.04. The zero-order chi connectivity index (χ0) is 19.3. The number of anilines is 1. The summed E-state index contributed by atoms with van der Waals surface area (Å²) in [4.78, 5) is 26.8. The number of para-hydroxylation sites is 1. The Morgan fingerprint density at radius 1 is 1.25 bits per heavy atom. The van der Waals surface area contributed by atoms with Gasteiger partial charge in [-0.3, -0.25) is 4.79 Å². The number of aromatic amines is 1. The highest BCUT2D eigenvalue weighted by atomic mass is 16.2. The first kappa shape index (κ1) is 18.5. The minimum Gasteiger partial charge on any atom is -0.361 e. The molecule has 1 fully saturated rings. The molecule has 0 radical (unpaired) electrons. The molecule has 3 aromatic rings. The van der Waals surface area contributed by atoms with Crippen LogP contribution in [-0.4, -0.2) is 44.9 Å². The molecule has 6 heteroatoms. The number of likely N-dealkylation sites (tertiary alicyclic amines) is 1. The third-order valence-electron chi connectivity index (χ3n) is 5.61. The summed E-state index contributed by atoms with van der Waals surface area (Å²) in [5, 5.41) is 4.50. The number of nitrogens with zero attached hydrogens (tertiary/aromatic N) is 3. The van der Waals surface area contributed by atoms with Crippen molar-refractivity contribution in [1.82, 2.24) is 19.9 Å². The standard InChI is InChI=1S/C22H27N5O/c1-2-18-7-5-6-12-27(18)21(28)17-14-25-22(26-15-17)23-11-10-16-13-24-20-9-4-3-8-19(16)20/h3-4,8-9,13-15,18,24H,2,5-7,10-12H2,1H3,(H,23,25,26). The minimum atomic E-state index is 0.0527.